The number of likely N-dealkylation sites (N-methyl/N-ethyl adjacent to an activating group) is 1. The molecule has 0 aromatic carbocycles. The van der Waals surface area contributed by atoms with Gasteiger partial charge in [0, 0.05) is 13.1 Å². The zero-order valence-electron chi connectivity index (χ0n) is 8.89. The van der Waals surface area contributed by atoms with Crippen molar-refractivity contribution in [2.24, 2.45) is 0 Å². The average molecular weight is 265 g/mol. The lowest BCUT2D eigenvalue weighted by molar-refractivity contribution is -0.175. The van der Waals surface area contributed by atoms with Crippen molar-refractivity contribution in [2.75, 3.05) is 32.8 Å². The number of alkyl halides is 3. The normalized spacial score (nSPS) is 10.8. The number of nitrogens with one attached hydrogen (secondary N) is 2. The molecule has 0 radical (unpaired) electrons. The molecule has 8 heteroatoms. The first-order valence-corrected chi connectivity index (χ1v) is 4.57. The Hall–Kier alpha value is -0.530. The lowest BCUT2D eigenvalue weighted by Gasteiger charge is -2.08. The van der Waals surface area contributed by atoms with Crippen LogP contribution in [0, 0.1) is 0 Å². The van der Waals surface area contributed by atoms with Crippen LogP contribution in [0.15, 0.2) is 0 Å². The second-order valence-electron chi connectivity index (χ2n) is 2.81. The lowest BCUT2D eigenvalue weighted by atomic mass is 10.5. The summed E-state index contributed by atoms with van der Waals surface area (Å²) in [6.45, 7) is 1.69. The van der Waals surface area contributed by atoms with E-state index < -0.39 is 25.3 Å². The Kier molecular flexibility index (Phi) is 10.8. The Balaban J connectivity index is 0. The lowest BCUT2D eigenvalue weighted by Crippen LogP contribution is -2.34. The molecule has 0 bridgehead atoms. The van der Waals surface area contributed by atoms with Crippen molar-refractivity contribution < 1.29 is 22.7 Å². The van der Waals surface area contributed by atoms with E-state index in [0.717, 1.165) is 6.54 Å². The van der Waals surface area contributed by atoms with Crippen molar-refractivity contribution >= 4 is 18.3 Å². The van der Waals surface area contributed by atoms with Gasteiger partial charge in [0.1, 0.15) is 13.2 Å². The topological polar surface area (TPSA) is 50.4 Å². The molecule has 1 amide bonds. The van der Waals surface area contributed by atoms with Gasteiger partial charge in [-0.1, -0.05) is 6.92 Å². The van der Waals surface area contributed by atoms with E-state index in [9.17, 15) is 18.0 Å². The van der Waals surface area contributed by atoms with Crippen molar-refractivity contribution in [1.29, 1.82) is 0 Å². The molecule has 0 saturated carbocycles. The van der Waals surface area contributed by atoms with E-state index in [2.05, 4.69) is 15.4 Å². The van der Waals surface area contributed by atoms with Crippen LogP contribution in [0.1, 0.15) is 6.92 Å². The Bertz CT molecular complexity index is 191. The third-order valence-corrected chi connectivity index (χ3v) is 1.37. The van der Waals surface area contributed by atoms with Crippen molar-refractivity contribution in [3.63, 3.8) is 0 Å². The largest absolute Gasteiger partial charge is 0.411 e. The maximum absolute atomic E-state index is 11.6. The van der Waals surface area contributed by atoms with E-state index in [1.807, 2.05) is 6.92 Å². The molecule has 0 heterocycles. The fraction of sp³-hybridized carbons (Fsp3) is 0.875. The van der Waals surface area contributed by atoms with Crippen molar-refractivity contribution in [3.05, 3.63) is 0 Å². The van der Waals surface area contributed by atoms with Crippen LogP contribution in [0.2, 0.25) is 0 Å². The van der Waals surface area contributed by atoms with Gasteiger partial charge in [0.05, 0.1) is 0 Å². The molecule has 0 atom stereocenters. The van der Waals surface area contributed by atoms with Gasteiger partial charge in [-0.25, -0.2) is 0 Å². The molecule has 0 aromatic heterocycles. The summed E-state index contributed by atoms with van der Waals surface area (Å²) in [7, 11) is 0. The number of carbonyl (C=O) groups excluding carboxylic acids is 1. The van der Waals surface area contributed by atoms with Crippen LogP contribution in [0.5, 0.6) is 0 Å². The fourth-order valence-corrected chi connectivity index (χ4v) is 0.778. The van der Waals surface area contributed by atoms with Gasteiger partial charge in [-0.05, 0) is 6.54 Å². The van der Waals surface area contributed by atoms with Gasteiger partial charge >= 0.3 is 6.18 Å². The summed E-state index contributed by atoms with van der Waals surface area (Å²) < 4.78 is 38.9. The number of carbonyl (C=O) groups is 1. The van der Waals surface area contributed by atoms with Gasteiger partial charge in [0.2, 0.25) is 5.91 Å². The van der Waals surface area contributed by atoms with Gasteiger partial charge in [-0.3, -0.25) is 4.79 Å². The molecular formula is C8H16ClF3N2O2. The molecule has 4 nitrogen and oxygen atoms in total. The van der Waals surface area contributed by atoms with E-state index in [1.165, 1.54) is 0 Å². The van der Waals surface area contributed by atoms with Crippen LogP contribution < -0.4 is 10.6 Å². The minimum Gasteiger partial charge on any atom is -0.362 e. The summed E-state index contributed by atoms with van der Waals surface area (Å²) in [5, 5.41) is 5.36. The smallest absolute Gasteiger partial charge is 0.362 e. The number of rotatable bonds is 7. The summed E-state index contributed by atoms with van der Waals surface area (Å²) in [4.78, 5) is 10.9. The third kappa shape index (κ3) is 13.5. The molecule has 0 unspecified atom stereocenters. The third-order valence-electron chi connectivity index (χ3n) is 1.37. The summed E-state index contributed by atoms with van der Waals surface area (Å²) in [6.07, 6.45) is -4.38. The van der Waals surface area contributed by atoms with Crippen LogP contribution in [0.3, 0.4) is 0 Å². The number of halogens is 4. The van der Waals surface area contributed by atoms with Gasteiger partial charge in [0.15, 0.2) is 0 Å². The SMILES string of the molecule is CCNCCNC(=O)COCC(F)(F)F.Cl. The van der Waals surface area contributed by atoms with Crippen molar-refractivity contribution in [3.8, 4) is 0 Å². The average Bonchev–Trinajstić information content (AvgIpc) is 2.10. The first-order chi connectivity index (χ1) is 6.95. The highest BCUT2D eigenvalue weighted by atomic mass is 35.5. The van der Waals surface area contributed by atoms with Crippen molar-refractivity contribution in [2.45, 2.75) is 13.1 Å². The zero-order chi connectivity index (χ0) is 11.7. The molecule has 0 rings (SSSR count). The van der Waals surface area contributed by atoms with Gasteiger partial charge < -0.3 is 15.4 Å². The molecule has 0 aliphatic heterocycles. The zero-order valence-corrected chi connectivity index (χ0v) is 9.71. The van der Waals surface area contributed by atoms with E-state index in [4.69, 9.17) is 0 Å². The Morgan fingerprint density at radius 1 is 1.31 bits per heavy atom. The quantitative estimate of drug-likeness (QED) is 0.666. The first kappa shape index (κ1) is 17.9. The fourth-order valence-electron chi connectivity index (χ4n) is 0.778. The van der Waals surface area contributed by atoms with Crippen LogP contribution in [-0.2, 0) is 9.53 Å². The molecule has 2 N–H and O–H groups in total. The highest BCUT2D eigenvalue weighted by Gasteiger charge is 2.27. The van der Waals surface area contributed by atoms with Crippen molar-refractivity contribution in [1.82, 2.24) is 10.6 Å². The molecule has 98 valence electrons. The summed E-state index contributed by atoms with van der Waals surface area (Å²) in [5.41, 5.74) is 0. The number of amides is 1. The first-order valence-electron chi connectivity index (χ1n) is 4.57. The predicted molar refractivity (Wildman–Crippen MR) is 55.7 cm³/mol. The van der Waals surface area contributed by atoms with Gasteiger partial charge in [0.25, 0.3) is 0 Å². The predicted octanol–water partition coefficient (Wildman–Crippen LogP) is 0.713. The molecule has 0 aliphatic carbocycles. The monoisotopic (exact) mass is 264 g/mol. The number of hydrogen-bond donors (Lipinski definition) is 2. The molecule has 16 heavy (non-hydrogen) atoms. The minimum atomic E-state index is -4.38. The molecule has 0 fully saturated rings. The van der Waals surface area contributed by atoms with Crippen LogP contribution in [-0.4, -0.2) is 44.9 Å². The molecule has 0 spiro atoms. The van der Waals surface area contributed by atoms with E-state index >= 15 is 0 Å². The van der Waals surface area contributed by atoms with Gasteiger partial charge in [-0.15, -0.1) is 12.4 Å². The van der Waals surface area contributed by atoms with Crippen LogP contribution in [0.25, 0.3) is 0 Å². The maximum Gasteiger partial charge on any atom is 0.411 e. The molecule has 0 aliphatic rings. The highest BCUT2D eigenvalue weighted by molar-refractivity contribution is 5.85. The Morgan fingerprint density at radius 3 is 2.44 bits per heavy atom. The van der Waals surface area contributed by atoms with Gasteiger partial charge in [-0.2, -0.15) is 13.2 Å². The Morgan fingerprint density at radius 2 is 1.94 bits per heavy atom. The highest BCUT2D eigenvalue weighted by Crippen LogP contribution is 2.13. The second kappa shape index (κ2) is 9.68. The summed E-state index contributed by atoms with van der Waals surface area (Å²) in [6, 6.07) is 0. The van der Waals surface area contributed by atoms with Crippen LogP contribution in [0.4, 0.5) is 13.2 Å². The maximum atomic E-state index is 11.6. The minimum absolute atomic E-state index is 0. The van der Waals surface area contributed by atoms with E-state index in [1.54, 1.807) is 0 Å². The van der Waals surface area contributed by atoms with E-state index in [-0.39, 0.29) is 12.4 Å². The summed E-state index contributed by atoms with van der Waals surface area (Å²) >= 11 is 0. The van der Waals surface area contributed by atoms with Crippen LogP contribution >= 0.6 is 12.4 Å². The number of hydrogen-bond acceptors (Lipinski definition) is 3. The standard InChI is InChI=1S/C8H15F3N2O2.ClH/c1-2-12-3-4-13-7(14)5-15-6-8(9,10)11;/h12H,2-6H2,1H3,(H,13,14);1H. The molecule has 0 aromatic rings. The second-order valence-corrected chi connectivity index (χ2v) is 2.81. The molecular weight excluding hydrogens is 249 g/mol. The Labute approximate surface area is 98.3 Å². The van der Waals surface area contributed by atoms with E-state index in [0.29, 0.717) is 13.1 Å². The molecule has 0 saturated heterocycles. The number of ether oxygens (including phenoxy) is 1. The summed E-state index contributed by atoms with van der Waals surface area (Å²) in [5.74, 6) is -0.544.